The smallest absolute Gasteiger partial charge is 0.407 e. The Bertz CT molecular complexity index is 1710. The van der Waals surface area contributed by atoms with Crippen LogP contribution < -0.4 is 26.8 Å². The van der Waals surface area contributed by atoms with Gasteiger partial charge < -0.3 is 35.7 Å². The number of alkyl carbamates (subject to hydrolysis) is 1. The Balaban J connectivity index is 1.21. The van der Waals surface area contributed by atoms with Gasteiger partial charge in [-0.1, -0.05) is 78.9 Å². The van der Waals surface area contributed by atoms with E-state index >= 15 is 0 Å². The van der Waals surface area contributed by atoms with Crippen molar-refractivity contribution in [1.82, 2.24) is 20.9 Å². The second-order valence-corrected chi connectivity index (χ2v) is 11.4. The lowest BCUT2D eigenvalue weighted by Crippen LogP contribution is -2.51. The number of H-pyrrole nitrogens is 1. The second kappa shape index (κ2) is 16.5. The molecule has 0 aliphatic carbocycles. The van der Waals surface area contributed by atoms with Crippen molar-refractivity contribution in [3.8, 4) is 0 Å². The molecule has 5 N–H and O–H groups in total. The van der Waals surface area contributed by atoms with Crippen LogP contribution in [0.3, 0.4) is 0 Å². The van der Waals surface area contributed by atoms with Crippen LogP contribution >= 0.6 is 0 Å². The minimum atomic E-state index is -0.989. The van der Waals surface area contributed by atoms with Gasteiger partial charge in [0.2, 0.25) is 11.5 Å². The number of para-hydroxylation sites is 1. The number of benzene rings is 3. The summed E-state index contributed by atoms with van der Waals surface area (Å²) in [6.07, 6.45) is 0.400. The van der Waals surface area contributed by atoms with E-state index in [1.807, 2.05) is 84.9 Å². The summed E-state index contributed by atoms with van der Waals surface area (Å²) in [4.78, 5) is 52.5. The summed E-state index contributed by atoms with van der Waals surface area (Å²) < 4.78 is 24.9. The van der Waals surface area contributed by atoms with Crippen molar-refractivity contribution in [3.05, 3.63) is 136 Å². The molecule has 1 aliphatic rings. The fraction of sp³-hybridized carbons (Fsp3) is 0.278. The molecule has 1 saturated heterocycles. The topological polar surface area (TPSA) is 151 Å². The Labute approximate surface area is 277 Å². The minimum absolute atomic E-state index is 0.127. The lowest BCUT2D eigenvalue weighted by atomic mass is 9.84. The first-order valence-corrected chi connectivity index (χ1v) is 15.7. The summed E-state index contributed by atoms with van der Waals surface area (Å²) >= 11 is 0. The van der Waals surface area contributed by atoms with Gasteiger partial charge in [0.1, 0.15) is 11.7 Å². The summed E-state index contributed by atoms with van der Waals surface area (Å²) in [5.74, 6) is -2.41. The second-order valence-electron chi connectivity index (χ2n) is 11.4. The number of aryl methyl sites for hydroxylation is 1. The Hall–Kier alpha value is -5.33. The number of amides is 3. The first kappa shape index (κ1) is 34.0. The maximum Gasteiger partial charge on any atom is 0.407 e. The molecular formula is C36H38FN5O6. The number of halogens is 1. The van der Waals surface area contributed by atoms with E-state index in [0.29, 0.717) is 31.7 Å². The standard InChI is InChI=1S/C36H38FN5O6/c1-47-36(46)42-33(31(24-11-4-2-5-12-24)25-13-6-3-7-14-25)35(45)40-29-15-9-8-10-23(29)16-17-27-21-38-26(22-48-27)20-39-34(44)32-28(37)18-19-30(43)41-32/h2-15,18-19,26-27,31,33,38H,16-17,20-22H2,1H3,(H,39,44)(H,40,45)(H,41,43)(H,42,46)/t26-,27-,33?/m1/s1. The highest BCUT2D eigenvalue weighted by molar-refractivity contribution is 5.98. The van der Waals surface area contributed by atoms with Crippen molar-refractivity contribution in [3.63, 3.8) is 0 Å². The van der Waals surface area contributed by atoms with Crippen molar-refractivity contribution in [2.45, 2.75) is 36.9 Å². The number of morpholine rings is 1. The zero-order valence-electron chi connectivity index (χ0n) is 26.4. The highest BCUT2D eigenvalue weighted by Gasteiger charge is 2.33. The molecule has 0 spiro atoms. The predicted octanol–water partition coefficient (Wildman–Crippen LogP) is 3.73. The molecule has 1 fully saturated rings. The fourth-order valence-corrected chi connectivity index (χ4v) is 5.68. The van der Waals surface area contributed by atoms with Crippen LogP contribution in [0.4, 0.5) is 14.9 Å². The number of carbonyl (C=O) groups is 3. The summed E-state index contributed by atoms with van der Waals surface area (Å²) in [6.45, 7) is 1.02. The Morgan fingerprint density at radius 3 is 2.25 bits per heavy atom. The first-order chi connectivity index (χ1) is 23.3. The zero-order valence-corrected chi connectivity index (χ0v) is 26.4. The van der Waals surface area contributed by atoms with E-state index in [9.17, 15) is 23.6 Å². The van der Waals surface area contributed by atoms with Crippen molar-refractivity contribution >= 4 is 23.6 Å². The molecule has 3 amide bonds. The molecule has 0 bridgehead atoms. The lowest BCUT2D eigenvalue weighted by molar-refractivity contribution is -0.118. The molecule has 1 unspecified atom stereocenters. The SMILES string of the molecule is COC(=O)NC(C(=O)Nc1ccccc1CC[C@@H]1CN[C@H](CNC(=O)c2[nH]c(=O)ccc2F)CO1)C(c1ccccc1)c1ccccc1. The Morgan fingerprint density at radius 1 is 0.938 bits per heavy atom. The van der Waals surface area contributed by atoms with E-state index < -0.39 is 46.9 Å². The molecule has 1 aliphatic heterocycles. The van der Waals surface area contributed by atoms with Gasteiger partial charge in [0.05, 0.1) is 19.8 Å². The van der Waals surface area contributed by atoms with Crippen LogP contribution in [0.2, 0.25) is 0 Å². The van der Waals surface area contributed by atoms with Gasteiger partial charge in [0.15, 0.2) is 5.82 Å². The zero-order chi connectivity index (χ0) is 33.9. The van der Waals surface area contributed by atoms with Crippen molar-refractivity contribution in [2.75, 3.05) is 32.1 Å². The molecule has 3 atom stereocenters. The third-order valence-corrected chi connectivity index (χ3v) is 8.17. The van der Waals surface area contributed by atoms with Gasteiger partial charge in [-0.05, 0) is 41.7 Å². The molecule has 0 radical (unpaired) electrons. The molecule has 1 aromatic heterocycles. The quantitative estimate of drug-likeness (QED) is 0.156. The number of pyridine rings is 1. The number of anilines is 1. The molecular weight excluding hydrogens is 617 g/mol. The molecule has 48 heavy (non-hydrogen) atoms. The van der Waals surface area contributed by atoms with Crippen molar-refractivity contribution in [2.24, 2.45) is 0 Å². The number of hydrogen-bond donors (Lipinski definition) is 5. The van der Waals surface area contributed by atoms with Crippen LogP contribution in [0.1, 0.15) is 39.5 Å². The maximum atomic E-state index is 14.0. The fourth-order valence-electron chi connectivity index (χ4n) is 5.68. The van der Waals surface area contributed by atoms with Crippen molar-refractivity contribution in [1.29, 1.82) is 0 Å². The van der Waals surface area contributed by atoms with Crippen LogP contribution in [0.25, 0.3) is 0 Å². The Kier molecular flexibility index (Phi) is 11.7. The third kappa shape index (κ3) is 8.93. The maximum absolute atomic E-state index is 14.0. The number of methoxy groups -OCH3 is 1. The average molecular weight is 656 g/mol. The van der Waals surface area contributed by atoms with E-state index in [1.54, 1.807) is 0 Å². The van der Waals surface area contributed by atoms with Gasteiger partial charge in [0, 0.05) is 36.8 Å². The van der Waals surface area contributed by atoms with Crippen LogP contribution in [-0.4, -0.2) is 67.9 Å². The Morgan fingerprint density at radius 2 is 1.60 bits per heavy atom. The van der Waals surface area contributed by atoms with Gasteiger partial charge >= 0.3 is 6.09 Å². The molecule has 4 aromatic rings. The number of carbonyl (C=O) groups excluding carboxylic acids is 3. The van der Waals surface area contributed by atoms with E-state index in [4.69, 9.17) is 9.47 Å². The predicted molar refractivity (Wildman–Crippen MR) is 178 cm³/mol. The lowest BCUT2D eigenvalue weighted by Gasteiger charge is -2.31. The van der Waals surface area contributed by atoms with Gasteiger partial charge in [-0.25, -0.2) is 9.18 Å². The number of ether oxygens (including phenoxy) is 2. The molecule has 12 heteroatoms. The van der Waals surface area contributed by atoms with Crippen LogP contribution in [0, 0.1) is 5.82 Å². The summed E-state index contributed by atoms with van der Waals surface area (Å²) in [5.41, 5.74) is 2.26. The van der Waals surface area contributed by atoms with E-state index in [1.165, 1.54) is 7.11 Å². The van der Waals surface area contributed by atoms with Crippen LogP contribution in [-0.2, 0) is 20.7 Å². The highest BCUT2D eigenvalue weighted by Crippen LogP contribution is 2.30. The molecule has 250 valence electrons. The van der Waals surface area contributed by atoms with Crippen LogP contribution in [0.5, 0.6) is 0 Å². The highest BCUT2D eigenvalue weighted by atomic mass is 19.1. The normalized spacial score (nSPS) is 16.5. The molecule has 0 saturated carbocycles. The largest absolute Gasteiger partial charge is 0.453 e. The van der Waals surface area contributed by atoms with Gasteiger partial charge in [0.25, 0.3) is 5.91 Å². The number of hydrogen-bond acceptors (Lipinski definition) is 7. The van der Waals surface area contributed by atoms with Crippen LogP contribution in [0.15, 0.2) is 102 Å². The number of rotatable bonds is 12. The van der Waals surface area contributed by atoms with E-state index in [-0.39, 0.29) is 18.7 Å². The molecule has 5 rings (SSSR count). The molecule has 3 aromatic carbocycles. The number of aromatic nitrogens is 1. The van der Waals surface area contributed by atoms with Gasteiger partial charge in [-0.15, -0.1) is 0 Å². The van der Waals surface area contributed by atoms with E-state index in [2.05, 4.69) is 26.3 Å². The first-order valence-electron chi connectivity index (χ1n) is 15.7. The number of nitrogens with one attached hydrogen (secondary N) is 5. The van der Waals surface area contributed by atoms with Gasteiger partial charge in [-0.2, -0.15) is 0 Å². The molecule has 11 nitrogen and oxygen atoms in total. The van der Waals surface area contributed by atoms with Crippen molar-refractivity contribution < 1.29 is 28.2 Å². The molecule has 2 heterocycles. The average Bonchev–Trinajstić information content (AvgIpc) is 3.12. The number of aromatic amines is 1. The third-order valence-electron chi connectivity index (χ3n) is 8.17. The van der Waals surface area contributed by atoms with Gasteiger partial charge in [-0.3, -0.25) is 14.4 Å². The summed E-state index contributed by atoms with van der Waals surface area (Å²) in [5, 5.41) is 11.8. The summed E-state index contributed by atoms with van der Waals surface area (Å²) in [6, 6.07) is 27.3. The minimum Gasteiger partial charge on any atom is -0.453 e. The summed E-state index contributed by atoms with van der Waals surface area (Å²) in [7, 11) is 1.26. The van der Waals surface area contributed by atoms with E-state index in [0.717, 1.165) is 28.8 Å². The monoisotopic (exact) mass is 655 g/mol.